The van der Waals surface area contributed by atoms with E-state index in [0.717, 1.165) is 36.5 Å². The molecule has 1 aliphatic heterocycles. The third-order valence-electron chi connectivity index (χ3n) is 5.22. The molecule has 8 heteroatoms. The van der Waals surface area contributed by atoms with Gasteiger partial charge in [0.1, 0.15) is 5.82 Å². The number of rotatable bonds is 7. The second kappa shape index (κ2) is 10.5. The van der Waals surface area contributed by atoms with E-state index in [2.05, 4.69) is 36.0 Å². The summed E-state index contributed by atoms with van der Waals surface area (Å²) in [6.07, 6.45) is 1.80. The van der Waals surface area contributed by atoms with E-state index < -0.39 is 0 Å². The van der Waals surface area contributed by atoms with Gasteiger partial charge >= 0.3 is 0 Å². The first-order valence-corrected chi connectivity index (χ1v) is 11.1. The van der Waals surface area contributed by atoms with Crippen LogP contribution in [0.5, 0.6) is 0 Å². The lowest BCUT2D eigenvalue weighted by Crippen LogP contribution is -2.48. The Kier molecular flexibility index (Phi) is 7.81. The van der Waals surface area contributed by atoms with E-state index in [1.54, 1.807) is 29.3 Å². The first kappa shape index (κ1) is 22.2. The lowest BCUT2D eigenvalue weighted by molar-refractivity contribution is -0.117. The monoisotopic (exact) mass is 473 g/mol. The molecule has 0 radical (unpaired) electrons. The Hall–Kier alpha value is -2.45. The van der Waals surface area contributed by atoms with E-state index in [0.29, 0.717) is 30.9 Å². The fourth-order valence-corrected chi connectivity index (χ4v) is 3.75. The molecule has 2 heterocycles. The third-order valence-corrected chi connectivity index (χ3v) is 5.69. The lowest BCUT2D eigenvalue weighted by atomic mass is 10.1. The molecule has 3 rings (SSSR count). The minimum absolute atomic E-state index is 0.0197. The van der Waals surface area contributed by atoms with Crippen molar-refractivity contribution in [1.82, 2.24) is 14.8 Å². The number of halogens is 1. The lowest BCUT2D eigenvalue weighted by Gasteiger charge is -2.35. The van der Waals surface area contributed by atoms with Crippen LogP contribution in [0, 0.1) is 0 Å². The zero-order valence-electron chi connectivity index (χ0n) is 17.5. The normalized spacial score (nSPS) is 14.4. The first-order valence-electron chi connectivity index (χ1n) is 10.3. The summed E-state index contributed by atoms with van der Waals surface area (Å²) in [4.78, 5) is 35.6. The van der Waals surface area contributed by atoms with Crippen molar-refractivity contribution in [3.8, 4) is 0 Å². The maximum atomic E-state index is 12.5. The molecular weight excluding hydrogens is 446 g/mol. The molecule has 160 valence electrons. The van der Waals surface area contributed by atoms with E-state index in [1.807, 2.05) is 32.0 Å². The average Bonchev–Trinajstić information content (AvgIpc) is 2.76. The number of piperazine rings is 1. The van der Waals surface area contributed by atoms with Gasteiger partial charge in [-0.05, 0) is 60.1 Å². The molecule has 2 amide bonds. The van der Waals surface area contributed by atoms with Gasteiger partial charge in [-0.3, -0.25) is 14.5 Å². The van der Waals surface area contributed by atoms with Gasteiger partial charge in [0.25, 0.3) is 5.91 Å². The highest BCUT2D eigenvalue weighted by Gasteiger charge is 2.20. The average molecular weight is 474 g/mol. The summed E-state index contributed by atoms with van der Waals surface area (Å²) in [6, 6.07) is 11.1. The number of nitrogens with one attached hydrogen (secondary N) is 1. The fourth-order valence-electron chi connectivity index (χ4n) is 3.52. The number of nitrogens with zero attached hydrogens (tertiary/aromatic N) is 4. The Labute approximate surface area is 186 Å². The fraction of sp³-hybridized carbons (Fsp3) is 0.409. The van der Waals surface area contributed by atoms with Crippen LogP contribution < -0.4 is 10.2 Å². The molecule has 1 aliphatic rings. The van der Waals surface area contributed by atoms with Crippen LogP contribution in [-0.4, -0.2) is 72.4 Å². The summed E-state index contributed by atoms with van der Waals surface area (Å²) in [5.74, 6) is 0.864. The van der Waals surface area contributed by atoms with Crippen LogP contribution in [0.3, 0.4) is 0 Å². The number of carbonyl (C=O) groups excluding carboxylic acids is 2. The molecule has 7 nitrogen and oxygen atoms in total. The number of hydrogen-bond donors (Lipinski definition) is 1. The van der Waals surface area contributed by atoms with Gasteiger partial charge in [-0.15, -0.1) is 0 Å². The molecule has 1 fully saturated rings. The van der Waals surface area contributed by atoms with Crippen LogP contribution in [0.4, 0.5) is 11.5 Å². The first-order chi connectivity index (χ1) is 14.5. The summed E-state index contributed by atoms with van der Waals surface area (Å²) in [6.45, 7) is 8.82. The summed E-state index contributed by atoms with van der Waals surface area (Å²) >= 11 is 3.41. The summed E-state index contributed by atoms with van der Waals surface area (Å²) in [5.41, 5.74) is 1.24. The van der Waals surface area contributed by atoms with E-state index in [1.165, 1.54) is 0 Å². The molecule has 0 spiro atoms. The highest BCUT2D eigenvalue weighted by molar-refractivity contribution is 9.10. The molecular formula is C22H28BrN5O2. The van der Waals surface area contributed by atoms with E-state index in [4.69, 9.17) is 0 Å². The summed E-state index contributed by atoms with van der Waals surface area (Å²) in [5, 5.41) is 2.93. The maximum absolute atomic E-state index is 12.5. The Morgan fingerprint density at radius 2 is 1.83 bits per heavy atom. The van der Waals surface area contributed by atoms with Gasteiger partial charge in [0.15, 0.2) is 0 Å². The quantitative estimate of drug-likeness (QED) is 0.668. The van der Waals surface area contributed by atoms with Crippen LogP contribution in [-0.2, 0) is 4.79 Å². The number of pyridine rings is 1. The van der Waals surface area contributed by atoms with Gasteiger partial charge in [0.05, 0.1) is 6.54 Å². The topological polar surface area (TPSA) is 68.8 Å². The largest absolute Gasteiger partial charge is 0.354 e. The number of anilines is 2. The Balaban J connectivity index is 1.51. The molecule has 0 atom stereocenters. The maximum Gasteiger partial charge on any atom is 0.253 e. The van der Waals surface area contributed by atoms with Crippen molar-refractivity contribution in [3.05, 3.63) is 52.6 Å². The number of carbonyl (C=O) groups is 2. The molecule has 1 aromatic heterocycles. The molecule has 1 saturated heterocycles. The highest BCUT2D eigenvalue weighted by Crippen LogP contribution is 2.17. The number of benzene rings is 1. The molecule has 2 aromatic rings. The molecule has 30 heavy (non-hydrogen) atoms. The molecule has 0 bridgehead atoms. The Morgan fingerprint density at radius 3 is 2.47 bits per heavy atom. The second-order valence-electron chi connectivity index (χ2n) is 7.20. The second-order valence-corrected chi connectivity index (χ2v) is 8.12. The van der Waals surface area contributed by atoms with Gasteiger partial charge in [0.2, 0.25) is 5.91 Å². The van der Waals surface area contributed by atoms with Crippen LogP contribution >= 0.6 is 15.9 Å². The molecule has 0 unspecified atom stereocenters. The van der Waals surface area contributed by atoms with Crippen LogP contribution in [0.1, 0.15) is 24.2 Å². The van der Waals surface area contributed by atoms with Gasteiger partial charge in [-0.1, -0.05) is 6.07 Å². The van der Waals surface area contributed by atoms with Crippen molar-refractivity contribution in [2.45, 2.75) is 13.8 Å². The van der Waals surface area contributed by atoms with Crippen molar-refractivity contribution in [2.24, 2.45) is 0 Å². The molecule has 1 N–H and O–H groups in total. The zero-order valence-corrected chi connectivity index (χ0v) is 19.1. The minimum atomic E-state index is -0.0716. The Morgan fingerprint density at radius 1 is 1.10 bits per heavy atom. The molecule has 1 aromatic carbocycles. The SMILES string of the molecule is CCN(CC)C(=O)c1cccc(NC(=O)CN2CCN(c3ccc(Br)cn3)CC2)c1. The predicted octanol–water partition coefficient (Wildman–Crippen LogP) is 3.09. The van der Waals surface area contributed by atoms with E-state index >= 15 is 0 Å². The van der Waals surface area contributed by atoms with Crippen LogP contribution in [0.25, 0.3) is 0 Å². The zero-order chi connectivity index (χ0) is 21.5. The summed E-state index contributed by atoms with van der Waals surface area (Å²) in [7, 11) is 0. The Bertz CT molecular complexity index is 862. The van der Waals surface area contributed by atoms with Gasteiger partial charge in [-0.25, -0.2) is 4.98 Å². The van der Waals surface area contributed by atoms with Crippen molar-refractivity contribution in [1.29, 1.82) is 0 Å². The van der Waals surface area contributed by atoms with Crippen LogP contribution in [0.15, 0.2) is 47.1 Å². The van der Waals surface area contributed by atoms with Gasteiger partial charge in [0, 0.05) is 61.2 Å². The predicted molar refractivity (Wildman–Crippen MR) is 123 cm³/mol. The van der Waals surface area contributed by atoms with E-state index in [9.17, 15) is 9.59 Å². The van der Waals surface area contributed by atoms with Crippen molar-refractivity contribution >= 4 is 39.2 Å². The highest BCUT2D eigenvalue weighted by atomic mass is 79.9. The van der Waals surface area contributed by atoms with Crippen molar-refractivity contribution in [2.75, 3.05) is 56.0 Å². The smallest absolute Gasteiger partial charge is 0.253 e. The van der Waals surface area contributed by atoms with Gasteiger partial charge in [-0.2, -0.15) is 0 Å². The minimum Gasteiger partial charge on any atom is -0.354 e. The van der Waals surface area contributed by atoms with Crippen LogP contribution in [0.2, 0.25) is 0 Å². The number of hydrogen-bond acceptors (Lipinski definition) is 5. The van der Waals surface area contributed by atoms with E-state index in [-0.39, 0.29) is 11.8 Å². The molecule has 0 saturated carbocycles. The van der Waals surface area contributed by atoms with Gasteiger partial charge < -0.3 is 15.1 Å². The van der Waals surface area contributed by atoms with Crippen molar-refractivity contribution < 1.29 is 9.59 Å². The number of amides is 2. The number of aromatic nitrogens is 1. The third kappa shape index (κ3) is 5.79. The van der Waals surface area contributed by atoms with Crippen molar-refractivity contribution in [3.63, 3.8) is 0 Å². The molecule has 0 aliphatic carbocycles. The standard InChI is InChI=1S/C22H28BrN5O2/c1-3-27(4-2)22(30)17-6-5-7-19(14-17)25-21(29)16-26-10-12-28(13-11-26)20-9-8-18(23)15-24-20/h5-9,14-15H,3-4,10-13,16H2,1-2H3,(H,25,29). The summed E-state index contributed by atoms with van der Waals surface area (Å²) < 4.78 is 0.962.